The molecule has 6 nitrogen and oxygen atoms in total. The average Bonchev–Trinajstić information content (AvgIpc) is 3.42. The second kappa shape index (κ2) is 15.1. The highest BCUT2D eigenvalue weighted by Gasteiger charge is 2.56. The van der Waals surface area contributed by atoms with Crippen LogP contribution < -0.4 is 9.80 Å². The highest BCUT2D eigenvalue weighted by Crippen LogP contribution is 2.56. The Morgan fingerprint density at radius 2 is 1.05 bits per heavy atom. The number of carbonyl (C=O) groups excluding carboxylic acids is 3. The second-order valence-electron chi connectivity index (χ2n) is 14.2. The van der Waals surface area contributed by atoms with Crippen LogP contribution in [0.1, 0.15) is 56.6 Å². The standard InChI is InChI=1S/C51H38N2O4/c54-47(39-27-13-4-14-28-39)45(37-23-9-2-10-24-37)49(55)52-42-33-19-20-34-43(42)53-50(56)46(38-25-11-3-12-26-38)48(40-29-15-5-16-30-40)57-51(53,41-31-17-6-18-32-41)35-44(52)36-21-7-1-8-22-36/h1-34,44-45H,35H2. The van der Waals surface area contributed by atoms with Crippen LogP contribution in [-0.4, -0.2) is 17.6 Å². The van der Waals surface area contributed by atoms with Gasteiger partial charge < -0.3 is 9.64 Å². The first-order valence-electron chi connectivity index (χ1n) is 19.1. The topological polar surface area (TPSA) is 66.9 Å². The van der Waals surface area contributed by atoms with E-state index in [2.05, 4.69) is 0 Å². The molecule has 6 heteroatoms. The van der Waals surface area contributed by atoms with Gasteiger partial charge in [-0.3, -0.25) is 19.3 Å². The van der Waals surface area contributed by atoms with Gasteiger partial charge in [-0.25, -0.2) is 0 Å². The number of anilines is 2. The molecule has 0 aliphatic carbocycles. The van der Waals surface area contributed by atoms with Crippen LogP contribution in [0.25, 0.3) is 11.3 Å². The average molecular weight is 743 g/mol. The van der Waals surface area contributed by atoms with Gasteiger partial charge in [0.25, 0.3) is 5.91 Å². The van der Waals surface area contributed by atoms with Crippen molar-refractivity contribution >= 4 is 40.3 Å². The highest BCUT2D eigenvalue weighted by molar-refractivity contribution is 6.33. The first-order chi connectivity index (χ1) is 28.0. The van der Waals surface area contributed by atoms with Crippen molar-refractivity contribution in [3.05, 3.63) is 240 Å². The molecule has 0 bridgehead atoms. The van der Waals surface area contributed by atoms with Gasteiger partial charge in [0.1, 0.15) is 11.7 Å². The summed E-state index contributed by atoms with van der Waals surface area (Å²) in [6, 6.07) is 63.8. The van der Waals surface area contributed by atoms with Crippen LogP contribution in [0.15, 0.2) is 206 Å². The van der Waals surface area contributed by atoms with Crippen molar-refractivity contribution < 1.29 is 19.1 Å². The summed E-state index contributed by atoms with van der Waals surface area (Å²) in [5.74, 6) is -1.75. The van der Waals surface area contributed by atoms with Gasteiger partial charge in [-0.2, -0.15) is 0 Å². The third kappa shape index (κ3) is 6.31. The number of carbonyl (C=O) groups is 3. The molecule has 0 spiro atoms. The summed E-state index contributed by atoms with van der Waals surface area (Å²) in [5, 5.41) is 0. The zero-order valence-electron chi connectivity index (χ0n) is 31.0. The summed E-state index contributed by atoms with van der Waals surface area (Å²) in [6.45, 7) is 0. The van der Waals surface area contributed by atoms with Crippen molar-refractivity contribution in [3.63, 3.8) is 0 Å². The normalized spacial score (nSPS) is 18.1. The number of ketones is 1. The number of benzene rings is 7. The smallest absolute Gasteiger partial charge is 0.266 e. The van der Waals surface area contributed by atoms with Crippen LogP contribution in [0.3, 0.4) is 0 Å². The Labute approximate surface area is 331 Å². The lowest BCUT2D eigenvalue weighted by atomic mass is 9.85. The predicted octanol–water partition coefficient (Wildman–Crippen LogP) is 10.6. The van der Waals surface area contributed by atoms with Crippen LogP contribution in [0, 0.1) is 0 Å². The summed E-state index contributed by atoms with van der Waals surface area (Å²) in [6.07, 6.45) is 0.132. The molecule has 0 saturated carbocycles. The van der Waals surface area contributed by atoms with Crippen molar-refractivity contribution in [3.8, 4) is 0 Å². The van der Waals surface area contributed by atoms with Gasteiger partial charge in [-0.15, -0.1) is 0 Å². The van der Waals surface area contributed by atoms with Gasteiger partial charge in [0.15, 0.2) is 5.78 Å². The molecule has 3 atom stereocenters. The van der Waals surface area contributed by atoms with Gasteiger partial charge >= 0.3 is 0 Å². The summed E-state index contributed by atoms with van der Waals surface area (Å²) in [4.78, 5) is 49.9. The molecule has 0 aromatic heterocycles. The van der Waals surface area contributed by atoms with E-state index in [0.29, 0.717) is 39.4 Å². The van der Waals surface area contributed by atoms with E-state index in [4.69, 9.17) is 4.74 Å². The van der Waals surface area contributed by atoms with E-state index in [1.54, 1.807) is 34.1 Å². The van der Waals surface area contributed by atoms with E-state index in [-0.39, 0.29) is 18.1 Å². The van der Waals surface area contributed by atoms with Crippen molar-refractivity contribution in [2.75, 3.05) is 9.80 Å². The first-order valence-corrected chi connectivity index (χ1v) is 19.1. The molecule has 9 rings (SSSR count). The molecule has 0 saturated heterocycles. The molecule has 0 fully saturated rings. The highest BCUT2D eigenvalue weighted by atomic mass is 16.5. The number of hydrogen-bond donors (Lipinski definition) is 0. The third-order valence-electron chi connectivity index (χ3n) is 10.9. The Kier molecular flexibility index (Phi) is 9.36. The van der Waals surface area contributed by atoms with Crippen molar-refractivity contribution in [1.29, 1.82) is 0 Å². The lowest BCUT2D eigenvalue weighted by molar-refractivity contribution is -0.120. The molecule has 0 N–H and O–H groups in total. The second-order valence-corrected chi connectivity index (χ2v) is 14.2. The fourth-order valence-electron chi connectivity index (χ4n) is 8.28. The van der Waals surface area contributed by atoms with Gasteiger partial charge in [0.05, 0.1) is 23.0 Å². The molecule has 0 radical (unpaired) electrons. The van der Waals surface area contributed by atoms with Gasteiger partial charge in [0.2, 0.25) is 11.6 Å². The molecule has 2 aliphatic heterocycles. The van der Waals surface area contributed by atoms with Crippen LogP contribution >= 0.6 is 0 Å². The monoisotopic (exact) mass is 742 g/mol. The molecule has 7 aromatic rings. The van der Waals surface area contributed by atoms with Crippen LogP contribution in [0.2, 0.25) is 0 Å². The number of para-hydroxylation sites is 2. The minimum Gasteiger partial charge on any atom is -0.462 e. The number of hydrogen-bond acceptors (Lipinski definition) is 4. The fraction of sp³-hybridized carbons (Fsp3) is 0.0784. The Bertz CT molecular complexity index is 2580. The Morgan fingerprint density at radius 1 is 0.561 bits per heavy atom. The molecule has 2 amide bonds. The number of ether oxygens (including phenoxy) is 1. The minimum atomic E-state index is -1.46. The predicted molar refractivity (Wildman–Crippen MR) is 224 cm³/mol. The molecule has 3 unspecified atom stereocenters. The lowest BCUT2D eigenvalue weighted by Crippen LogP contribution is -2.55. The largest absolute Gasteiger partial charge is 0.462 e. The fourth-order valence-corrected chi connectivity index (χ4v) is 8.28. The van der Waals surface area contributed by atoms with E-state index >= 15 is 9.59 Å². The van der Waals surface area contributed by atoms with Gasteiger partial charge in [-0.1, -0.05) is 194 Å². The summed E-state index contributed by atoms with van der Waals surface area (Å²) < 4.78 is 7.55. The maximum absolute atomic E-state index is 15.9. The molecular formula is C51H38N2O4. The van der Waals surface area contributed by atoms with Crippen molar-refractivity contribution in [1.82, 2.24) is 0 Å². The quantitative estimate of drug-likeness (QED) is 0.115. The Balaban J connectivity index is 1.34. The molecular weight excluding hydrogens is 705 g/mol. The molecule has 276 valence electrons. The SMILES string of the molecule is O=C(c1ccccc1)C(C(=O)N1c2ccccc2N2C(=O)C(c3ccccc3)=C(c3ccccc3)OC2(c2ccccc2)CC1c1ccccc1)c1ccccc1. The molecule has 7 aromatic carbocycles. The van der Waals surface area contributed by atoms with Gasteiger partial charge in [-0.05, 0) is 28.8 Å². The van der Waals surface area contributed by atoms with E-state index in [0.717, 1.165) is 16.7 Å². The Morgan fingerprint density at radius 3 is 1.67 bits per heavy atom. The first kappa shape index (κ1) is 35.4. The number of nitrogens with zero attached hydrogens (tertiary/aromatic N) is 2. The molecule has 57 heavy (non-hydrogen) atoms. The minimum absolute atomic E-state index is 0.132. The number of fused-ring (bicyclic) bond motifs is 3. The van der Waals surface area contributed by atoms with Crippen LogP contribution in [-0.2, 0) is 20.1 Å². The zero-order chi connectivity index (χ0) is 38.8. The number of amides is 2. The maximum Gasteiger partial charge on any atom is 0.266 e. The van der Waals surface area contributed by atoms with Crippen molar-refractivity contribution in [2.45, 2.75) is 24.1 Å². The van der Waals surface area contributed by atoms with E-state index in [9.17, 15) is 4.79 Å². The third-order valence-corrected chi connectivity index (χ3v) is 10.9. The van der Waals surface area contributed by atoms with Crippen molar-refractivity contribution in [2.24, 2.45) is 0 Å². The number of rotatable bonds is 8. The lowest BCUT2D eigenvalue weighted by Gasteiger charge is -2.48. The molecule has 2 heterocycles. The zero-order valence-corrected chi connectivity index (χ0v) is 31.0. The summed E-state index contributed by atoms with van der Waals surface area (Å²) >= 11 is 0. The number of Topliss-reactive ketones (excluding diaryl/α,β-unsaturated/α-hetero) is 1. The maximum atomic E-state index is 15.9. The Hall–Kier alpha value is -7.31. The van der Waals surface area contributed by atoms with E-state index in [1.165, 1.54) is 0 Å². The van der Waals surface area contributed by atoms with Gasteiger partial charge in [0, 0.05) is 23.1 Å². The summed E-state index contributed by atoms with van der Waals surface area (Å²) in [7, 11) is 0. The molecule has 2 aliphatic rings. The van der Waals surface area contributed by atoms with Crippen LogP contribution in [0.5, 0.6) is 0 Å². The van der Waals surface area contributed by atoms with E-state index in [1.807, 2.05) is 182 Å². The van der Waals surface area contributed by atoms with Crippen LogP contribution in [0.4, 0.5) is 11.4 Å². The van der Waals surface area contributed by atoms with E-state index < -0.39 is 23.6 Å². The summed E-state index contributed by atoms with van der Waals surface area (Å²) in [5.41, 5.74) is 3.94.